The van der Waals surface area contributed by atoms with Crippen molar-refractivity contribution in [2.75, 3.05) is 14.2 Å². The largest absolute Gasteiger partial charge is 0.491 e. The first-order valence-electron chi connectivity index (χ1n) is 7.48. The zero-order valence-electron chi connectivity index (χ0n) is 14.7. The van der Waals surface area contributed by atoms with E-state index in [1.807, 2.05) is 13.8 Å². The third kappa shape index (κ3) is 5.62. The molecule has 1 heterocycles. The third-order valence-electron chi connectivity index (χ3n) is 3.04. The number of rotatable bonds is 4. The summed E-state index contributed by atoms with van der Waals surface area (Å²) in [4.78, 5) is 22.6. The van der Waals surface area contributed by atoms with Gasteiger partial charge in [-0.15, -0.1) is 0 Å². The molecule has 2 aromatic rings. The number of carbonyl (C=O) groups excluding carboxylic acids is 1. The van der Waals surface area contributed by atoms with Gasteiger partial charge >= 0.3 is 0 Å². The maximum atomic E-state index is 13.2. The van der Waals surface area contributed by atoms with Gasteiger partial charge in [-0.25, -0.2) is 4.39 Å². The number of aliphatic hydroxyl groups excluding tert-OH is 1. The minimum atomic E-state index is -0.346. The number of nitrogens with zero attached hydrogens (tertiary/aromatic N) is 1. The van der Waals surface area contributed by atoms with Crippen LogP contribution in [0.3, 0.4) is 0 Å². The van der Waals surface area contributed by atoms with Crippen molar-refractivity contribution in [1.29, 1.82) is 0 Å². The zero-order valence-corrected chi connectivity index (χ0v) is 14.7. The van der Waals surface area contributed by atoms with Gasteiger partial charge in [-0.05, 0) is 24.1 Å². The first-order valence-corrected chi connectivity index (χ1v) is 7.48. The van der Waals surface area contributed by atoms with Crippen LogP contribution in [0.4, 0.5) is 4.39 Å². The molecule has 132 valence electrons. The Morgan fingerprint density at radius 2 is 1.88 bits per heavy atom. The number of pyridine rings is 1. The van der Waals surface area contributed by atoms with Gasteiger partial charge in [0, 0.05) is 19.7 Å². The number of methoxy groups -OCH3 is 1. The second-order valence-electron chi connectivity index (χ2n) is 4.46. The van der Waals surface area contributed by atoms with Crippen molar-refractivity contribution in [2.45, 2.75) is 27.3 Å². The van der Waals surface area contributed by atoms with E-state index in [9.17, 15) is 14.0 Å². The summed E-state index contributed by atoms with van der Waals surface area (Å²) >= 11 is 0. The maximum Gasteiger partial charge on any atom is 0.224 e. The van der Waals surface area contributed by atoms with Crippen LogP contribution in [0.5, 0.6) is 5.75 Å². The van der Waals surface area contributed by atoms with E-state index in [1.54, 1.807) is 23.6 Å². The van der Waals surface area contributed by atoms with Gasteiger partial charge in [0.05, 0.1) is 19.0 Å². The molecule has 0 bridgehead atoms. The quantitative estimate of drug-likeness (QED) is 0.871. The van der Waals surface area contributed by atoms with E-state index < -0.39 is 0 Å². The predicted octanol–water partition coefficient (Wildman–Crippen LogP) is 2.80. The lowest BCUT2D eigenvalue weighted by atomic mass is 10.1. The Balaban J connectivity index is 0.00000123. The molecular formula is C18H24FNO4. The Hall–Kier alpha value is -2.47. The Kier molecular flexibility index (Phi) is 9.98. The highest BCUT2D eigenvalue weighted by atomic mass is 19.1. The van der Waals surface area contributed by atoms with Crippen LogP contribution in [-0.2, 0) is 6.54 Å². The molecule has 1 aromatic heterocycles. The Labute approximate surface area is 141 Å². The monoisotopic (exact) mass is 337 g/mol. The van der Waals surface area contributed by atoms with Crippen molar-refractivity contribution < 1.29 is 19.0 Å². The summed E-state index contributed by atoms with van der Waals surface area (Å²) in [5, 5.41) is 7.00. The Morgan fingerprint density at radius 3 is 2.38 bits per heavy atom. The van der Waals surface area contributed by atoms with Gasteiger partial charge in [-0.3, -0.25) is 9.59 Å². The number of aromatic nitrogens is 1. The summed E-state index contributed by atoms with van der Waals surface area (Å²) in [6.45, 7) is 6.03. The average Bonchev–Trinajstić information content (AvgIpc) is 2.62. The minimum Gasteiger partial charge on any atom is -0.491 e. The Bertz CT molecular complexity index is 711. The standard InChI is InChI=1S/C15H14FNO3.C2H6.CH4O/c1-10-5-11(3-4-13(10)16)7-17-8-15(20-2)14(19)6-12(17)9-18;2*1-2/h3-6,8-9H,7H2,1-2H3;1-2H3;2H,1H3. The first kappa shape index (κ1) is 21.5. The summed E-state index contributed by atoms with van der Waals surface area (Å²) in [7, 11) is 2.39. The minimum absolute atomic E-state index is 0.162. The van der Waals surface area contributed by atoms with Crippen molar-refractivity contribution in [1.82, 2.24) is 4.57 Å². The van der Waals surface area contributed by atoms with Crippen LogP contribution in [0.25, 0.3) is 0 Å². The van der Waals surface area contributed by atoms with E-state index in [4.69, 9.17) is 9.84 Å². The number of benzene rings is 1. The second-order valence-corrected chi connectivity index (χ2v) is 4.46. The van der Waals surface area contributed by atoms with Gasteiger partial charge in [0.1, 0.15) is 5.82 Å². The van der Waals surface area contributed by atoms with E-state index in [0.29, 0.717) is 18.4 Å². The lowest BCUT2D eigenvalue weighted by Crippen LogP contribution is -2.14. The zero-order chi connectivity index (χ0) is 18.7. The molecule has 0 amide bonds. The fraction of sp³-hybridized carbons (Fsp3) is 0.333. The number of halogens is 1. The van der Waals surface area contributed by atoms with Gasteiger partial charge in [-0.2, -0.15) is 0 Å². The second kappa shape index (κ2) is 11.1. The number of carbonyl (C=O) groups is 1. The molecule has 0 unspecified atom stereocenters. The highest BCUT2D eigenvalue weighted by molar-refractivity contribution is 5.72. The molecule has 0 aliphatic rings. The smallest absolute Gasteiger partial charge is 0.224 e. The number of hydrogen-bond acceptors (Lipinski definition) is 4. The molecule has 0 fully saturated rings. The van der Waals surface area contributed by atoms with Crippen LogP contribution in [0.1, 0.15) is 35.5 Å². The van der Waals surface area contributed by atoms with E-state index in [1.165, 1.54) is 25.4 Å². The molecule has 0 saturated carbocycles. The van der Waals surface area contributed by atoms with Crippen LogP contribution >= 0.6 is 0 Å². The van der Waals surface area contributed by atoms with Crippen LogP contribution in [0.2, 0.25) is 0 Å². The van der Waals surface area contributed by atoms with E-state index >= 15 is 0 Å². The normalized spacial score (nSPS) is 9.12. The number of ether oxygens (including phenoxy) is 1. The lowest BCUT2D eigenvalue weighted by molar-refractivity contribution is 0.111. The SMILES string of the molecule is CC.CO.COc1cn(Cc2ccc(F)c(C)c2)c(C=O)cc1=O. The van der Waals surface area contributed by atoms with Gasteiger partial charge < -0.3 is 14.4 Å². The molecule has 24 heavy (non-hydrogen) atoms. The van der Waals surface area contributed by atoms with Crippen molar-refractivity contribution in [3.63, 3.8) is 0 Å². The summed E-state index contributed by atoms with van der Waals surface area (Å²) in [6, 6.07) is 5.95. The number of aldehydes is 1. The van der Waals surface area contributed by atoms with E-state index in [2.05, 4.69) is 0 Å². The third-order valence-corrected chi connectivity index (χ3v) is 3.04. The lowest BCUT2D eigenvalue weighted by Gasteiger charge is -2.12. The fourth-order valence-electron chi connectivity index (χ4n) is 1.96. The van der Waals surface area contributed by atoms with Crippen molar-refractivity contribution in [3.8, 4) is 5.75 Å². The van der Waals surface area contributed by atoms with Crippen molar-refractivity contribution in [2.24, 2.45) is 0 Å². The number of hydrogen-bond donors (Lipinski definition) is 1. The molecule has 0 saturated heterocycles. The van der Waals surface area contributed by atoms with Gasteiger partial charge in [0.15, 0.2) is 12.0 Å². The molecular weight excluding hydrogens is 313 g/mol. The average molecular weight is 337 g/mol. The molecule has 0 atom stereocenters. The maximum absolute atomic E-state index is 13.2. The summed E-state index contributed by atoms with van der Waals surface area (Å²) < 4.78 is 19.8. The molecule has 6 heteroatoms. The number of aliphatic hydroxyl groups is 1. The molecule has 5 nitrogen and oxygen atoms in total. The fourth-order valence-corrected chi connectivity index (χ4v) is 1.96. The van der Waals surface area contributed by atoms with Crippen LogP contribution in [0.15, 0.2) is 35.3 Å². The summed E-state index contributed by atoms with van der Waals surface area (Å²) in [5.41, 5.74) is 1.26. The summed E-state index contributed by atoms with van der Waals surface area (Å²) in [6.07, 6.45) is 2.09. The number of aryl methyl sites for hydroxylation is 1. The van der Waals surface area contributed by atoms with E-state index in [-0.39, 0.29) is 22.7 Å². The van der Waals surface area contributed by atoms with Crippen LogP contribution in [-0.4, -0.2) is 30.2 Å². The molecule has 0 radical (unpaired) electrons. The van der Waals surface area contributed by atoms with Gasteiger partial charge in [0.25, 0.3) is 0 Å². The molecule has 0 spiro atoms. The highest BCUT2D eigenvalue weighted by Crippen LogP contribution is 2.13. The summed E-state index contributed by atoms with van der Waals surface area (Å²) in [5.74, 6) is -0.115. The molecule has 0 aliphatic heterocycles. The van der Waals surface area contributed by atoms with E-state index in [0.717, 1.165) is 12.7 Å². The highest BCUT2D eigenvalue weighted by Gasteiger charge is 2.08. The van der Waals surface area contributed by atoms with Gasteiger partial charge in [-0.1, -0.05) is 26.0 Å². The van der Waals surface area contributed by atoms with Crippen molar-refractivity contribution >= 4 is 6.29 Å². The Morgan fingerprint density at radius 1 is 1.25 bits per heavy atom. The molecule has 1 N–H and O–H groups in total. The van der Waals surface area contributed by atoms with Crippen LogP contribution in [0, 0.1) is 12.7 Å². The molecule has 0 aliphatic carbocycles. The molecule has 1 aromatic carbocycles. The first-order chi connectivity index (χ1) is 11.5. The molecule has 2 rings (SSSR count). The van der Waals surface area contributed by atoms with Crippen molar-refractivity contribution in [3.05, 3.63) is 63.3 Å². The predicted molar refractivity (Wildman–Crippen MR) is 92.4 cm³/mol. The van der Waals surface area contributed by atoms with Crippen LogP contribution < -0.4 is 10.2 Å². The van der Waals surface area contributed by atoms with Gasteiger partial charge in [0.2, 0.25) is 5.43 Å². The topological polar surface area (TPSA) is 68.5 Å².